The van der Waals surface area contributed by atoms with Gasteiger partial charge in [0.05, 0.1) is 12.0 Å². The molecule has 1 N–H and O–H groups in total. The number of nitrogens with zero attached hydrogens (tertiary/aromatic N) is 2. The molecule has 0 unspecified atom stereocenters. The van der Waals surface area contributed by atoms with E-state index in [2.05, 4.69) is 92.0 Å². The Balaban J connectivity index is 1.37. The maximum atomic E-state index is 13.1. The number of amides is 1. The van der Waals surface area contributed by atoms with Crippen molar-refractivity contribution in [2.75, 3.05) is 38.8 Å². The summed E-state index contributed by atoms with van der Waals surface area (Å²) in [5, 5.41) is 3.04. The van der Waals surface area contributed by atoms with Crippen molar-refractivity contribution >= 4 is 23.0 Å². The number of ether oxygens (including phenoxy) is 1. The first-order valence-corrected chi connectivity index (χ1v) is 16.0. The molecular weight excluding hydrogens is 518 g/mol. The van der Waals surface area contributed by atoms with Gasteiger partial charge in [0, 0.05) is 48.2 Å². The van der Waals surface area contributed by atoms with Crippen molar-refractivity contribution in [1.82, 2.24) is 5.32 Å². The van der Waals surface area contributed by atoms with Crippen molar-refractivity contribution in [3.63, 3.8) is 0 Å². The molecule has 0 radical (unpaired) electrons. The van der Waals surface area contributed by atoms with Gasteiger partial charge in [-0.3, -0.25) is 4.79 Å². The molecule has 4 aliphatic rings. The van der Waals surface area contributed by atoms with Crippen LogP contribution in [-0.4, -0.2) is 50.0 Å². The summed E-state index contributed by atoms with van der Waals surface area (Å²) in [4.78, 5) is 15.4. The number of nitrogens with one attached hydrogen (secondary N) is 1. The van der Waals surface area contributed by atoms with Crippen LogP contribution in [0.1, 0.15) is 86.8 Å². The Morgan fingerprint density at radius 3 is 2.26 bits per heavy atom. The summed E-state index contributed by atoms with van der Waals surface area (Å²) in [7, 11) is 3.88. The third kappa shape index (κ3) is 4.74. The molecule has 2 aromatic carbocycles. The van der Waals surface area contributed by atoms with Gasteiger partial charge in [-0.25, -0.2) is 0 Å². The zero-order valence-corrected chi connectivity index (χ0v) is 26.5. The number of aryl methyl sites for hydroxylation is 2. The van der Waals surface area contributed by atoms with Crippen molar-refractivity contribution in [3.05, 3.63) is 81.6 Å². The van der Waals surface area contributed by atoms with Gasteiger partial charge in [0.25, 0.3) is 0 Å². The Morgan fingerprint density at radius 1 is 0.929 bits per heavy atom. The highest BCUT2D eigenvalue weighted by Gasteiger charge is 2.46. The van der Waals surface area contributed by atoms with E-state index in [1.807, 2.05) is 0 Å². The fourth-order valence-corrected chi connectivity index (χ4v) is 8.31. The molecule has 0 saturated heterocycles. The minimum atomic E-state index is -0.195. The lowest BCUT2D eigenvalue weighted by molar-refractivity contribution is -0.401. The fraction of sp³-hybridized carbons (Fsp3) is 0.514. The van der Waals surface area contributed by atoms with Crippen molar-refractivity contribution in [2.45, 2.75) is 89.9 Å². The van der Waals surface area contributed by atoms with Crippen LogP contribution < -0.4 is 10.2 Å². The molecule has 222 valence electrons. The quantitative estimate of drug-likeness (QED) is 0.309. The standard InChI is InChI=1S/C37H47N3O2/c1-36(2)31(39(5)29-20-18-25-12-7-9-14-27(25)34(29)36)16-11-17-32-37(3,4)35-28-15-10-8-13-26(28)19-21-30(35)40(32)24-33(41)38-22-23-42-6/h11,16-21H,7-10,12-15,22-24H2,1-6H3/p+1. The topological polar surface area (TPSA) is 44.6 Å². The number of carbonyl (C=O) groups excluding carboxylic acids is 1. The molecular formula is C37H48N3O2+. The van der Waals surface area contributed by atoms with Gasteiger partial charge in [0.2, 0.25) is 11.6 Å². The summed E-state index contributed by atoms with van der Waals surface area (Å²) in [5.41, 5.74) is 13.8. The van der Waals surface area contributed by atoms with Crippen LogP contribution in [0.3, 0.4) is 0 Å². The summed E-state index contributed by atoms with van der Waals surface area (Å²) >= 11 is 0. The molecule has 42 heavy (non-hydrogen) atoms. The van der Waals surface area contributed by atoms with E-state index in [1.165, 1.54) is 83.6 Å². The van der Waals surface area contributed by atoms with Crippen LogP contribution in [-0.2, 0) is 46.0 Å². The Bertz CT molecular complexity index is 1510. The number of hydrogen-bond acceptors (Lipinski definition) is 3. The molecule has 0 atom stereocenters. The number of anilines is 1. The number of benzene rings is 2. The molecule has 2 heterocycles. The first-order chi connectivity index (χ1) is 20.2. The van der Waals surface area contributed by atoms with Gasteiger partial charge in [-0.1, -0.05) is 32.1 Å². The maximum absolute atomic E-state index is 13.1. The van der Waals surface area contributed by atoms with Crippen LogP contribution in [0.4, 0.5) is 11.4 Å². The van der Waals surface area contributed by atoms with Gasteiger partial charge >= 0.3 is 0 Å². The van der Waals surface area contributed by atoms with Crippen LogP contribution >= 0.6 is 0 Å². The molecule has 2 aliphatic carbocycles. The summed E-state index contributed by atoms with van der Waals surface area (Å²) in [6, 6.07) is 9.27. The van der Waals surface area contributed by atoms with E-state index in [0.717, 1.165) is 12.8 Å². The van der Waals surface area contributed by atoms with E-state index in [0.29, 0.717) is 19.7 Å². The highest BCUT2D eigenvalue weighted by molar-refractivity contribution is 6.03. The third-order valence-corrected chi connectivity index (χ3v) is 10.3. The van der Waals surface area contributed by atoms with Crippen molar-refractivity contribution in [1.29, 1.82) is 0 Å². The zero-order chi connectivity index (χ0) is 29.6. The second-order valence-electron chi connectivity index (χ2n) is 13.6. The van der Waals surface area contributed by atoms with E-state index in [-0.39, 0.29) is 16.7 Å². The molecule has 5 heteroatoms. The van der Waals surface area contributed by atoms with Crippen molar-refractivity contribution in [3.8, 4) is 0 Å². The maximum Gasteiger partial charge on any atom is 0.240 e. The molecule has 5 nitrogen and oxygen atoms in total. The Labute approximate surface area is 252 Å². The molecule has 0 aromatic heterocycles. The van der Waals surface area contributed by atoms with Crippen LogP contribution in [0.25, 0.3) is 0 Å². The van der Waals surface area contributed by atoms with Crippen LogP contribution in [0.2, 0.25) is 0 Å². The average Bonchev–Trinajstić information content (AvgIpc) is 3.31. The number of hydrogen-bond donors (Lipinski definition) is 1. The van der Waals surface area contributed by atoms with Gasteiger partial charge in [-0.2, -0.15) is 4.58 Å². The Kier molecular flexibility index (Phi) is 7.67. The Morgan fingerprint density at radius 2 is 1.57 bits per heavy atom. The molecule has 0 saturated carbocycles. The second kappa shape index (κ2) is 11.1. The smallest absolute Gasteiger partial charge is 0.240 e. The van der Waals surface area contributed by atoms with E-state index >= 15 is 0 Å². The third-order valence-electron chi connectivity index (χ3n) is 10.3. The largest absolute Gasteiger partial charge is 0.383 e. The van der Waals surface area contributed by atoms with Gasteiger partial charge in [0.1, 0.15) is 13.6 Å². The molecule has 0 fully saturated rings. The molecule has 0 bridgehead atoms. The van der Waals surface area contributed by atoms with Crippen LogP contribution in [0.15, 0.2) is 48.2 Å². The zero-order valence-electron chi connectivity index (χ0n) is 26.5. The van der Waals surface area contributed by atoms with Crippen molar-refractivity contribution in [2.24, 2.45) is 0 Å². The first kappa shape index (κ1) is 28.9. The first-order valence-electron chi connectivity index (χ1n) is 16.0. The van der Waals surface area contributed by atoms with Gasteiger partial charge in [-0.05, 0) is 105 Å². The summed E-state index contributed by atoms with van der Waals surface area (Å²) < 4.78 is 7.56. The van der Waals surface area contributed by atoms with Crippen molar-refractivity contribution < 1.29 is 14.1 Å². The van der Waals surface area contributed by atoms with E-state index in [9.17, 15) is 4.79 Å². The lowest BCUT2D eigenvalue weighted by Crippen LogP contribution is -2.38. The average molecular weight is 567 g/mol. The number of carbonyl (C=O) groups is 1. The van der Waals surface area contributed by atoms with Crippen LogP contribution in [0.5, 0.6) is 0 Å². The monoisotopic (exact) mass is 566 g/mol. The van der Waals surface area contributed by atoms with Crippen LogP contribution in [0, 0.1) is 0 Å². The van der Waals surface area contributed by atoms with Gasteiger partial charge in [0.15, 0.2) is 5.71 Å². The number of fused-ring (bicyclic) bond motifs is 6. The lowest BCUT2D eigenvalue weighted by atomic mass is 9.75. The Hall–Kier alpha value is -3.18. The summed E-state index contributed by atoms with van der Waals surface area (Å²) in [6.07, 6.45) is 16.6. The highest BCUT2D eigenvalue weighted by atomic mass is 16.5. The lowest BCUT2D eigenvalue weighted by Gasteiger charge is -2.28. The molecule has 6 rings (SSSR count). The number of rotatable bonds is 7. The van der Waals surface area contributed by atoms with E-state index in [1.54, 1.807) is 18.2 Å². The SMILES string of the molecule is COCCNC(=O)CN1/C(=C/C=C/C2=[N+](C)c3ccc4c(c3C2(C)C)CCCC4)C(C)(C)c2c1ccc1c2CCCC1. The minimum absolute atomic E-state index is 0.0227. The summed E-state index contributed by atoms with van der Waals surface area (Å²) in [5.74, 6) is 0.0227. The predicted octanol–water partition coefficient (Wildman–Crippen LogP) is 6.45. The summed E-state index contributed by atoms with van der Waals surface area (Å²) in [6.45, 7) is 10.8. The minimum Gasteiger partial charge on any atom is -0.383 e. The number of allylic oxidation sites excluding steroid dienone is 4. The molecule has 2 aliphatic heterocycles. The molecule has 2 aromatic rings. The predicted molar refractivity (Wildman–Crippen MR) is 173 cm³/mol. The molecule has 1 amide bonds. The molecule has 0 spiro atoms. The number of methoxy groups -OCH3 is 1. The second-order valence-corrected chi connectivity index (χ2v) is 13.6. The van der Waals surface area contributed by atoms with Gasteiger partial charge < -0.3 is 15.0 Å². The van der Waals surface area contributed by atoms with E-state index < -0.39 is 0 Å². The normalized spacial score (nSPS) is 21.0. The van der Waals surface area contributed by atoms with E-state index in [4.69, 9.17) is 4.74 Å². The fourth-order valence-electron chi connectivity index (χ4n) is 8.31. The highest BCUT2D eigenvalue weighted by Crippen LogP contribution is 2.51. The van der Waals surface area contributed by atoms with Gasteiger partial charge in [-0.15, -0.1) is 0 Å².